The number of halogens is 5. The fourth-order valence-electron chi connectivity index (χ4n) is 6.30. The number of carbonyl (C=O) groups is 2. The minimum absolute atomic E-state index is 0.0261. The van der Waals surface area contributed by atoms with Crippen molar-refractivity contribution in [2.75, 3.05) is 38.0 Å². The van der Waals surface area contributed by atoms with Crippen LogP contribution in [0.4, 0.5) is 27.9 Å². The lowest BCUT2D eigenvalue weighted by atomic mass is 9.97. The molecule has 272 valence electrons. The molecule has 0 radical (unpaired) electrons. The van der Waals surface area contributed by atoms with Crippen LogP contribution >= 0.6 is 0 Å². The topological polar surface area (TPSA) is 118 Å². The molecule has 1 amide bonds. The van der Waals surface area contributed by atoms with Gasteiger partial charge in [-0.15, -0.1) is 0 Å². The Morgan fingerprint density at radius 2 is 1.69 bits per heavy atom. The molecule has 2 aromatic carbocycles. The Labute approximate surface area is 291 Å². The predicted octanol–water partition coefficient (Wildman–Crippen LogP) is 6.57. The zero-order valence-electron chi connectivity index (χ0n) is 28.5. The summed E-state index contributed by atoms with van der Waals surface area (Å²) in [6.45, 7) is 8.47. The third-order valence-corrected chi connectivity index (χ3v) is 9.04. The van der Waals surface area contributed by atoms with Crippen LogP contribution in [-0.4, -0.2) is 70.2 Å². The van der Waals surface area contributed by atoms with Crippen molar-refractivity contribution in [1.82, 2.24) is 24.8 Å². The number of alkyl halides is 3. The van der Waals surface area contributed by atoms with Gasteiger partial charge in [0.25, 0.3) is 11.5 Å². The van der Waals surface area contributed by atoms with E-state index in [1.807, 2.05) is 13.8 Å². The molecule has 51 heavy (non-hydrogen) atoms. The maximum absolute atomic E-state index is 15.2. The van der Waals surface area contributed by atoms with Crippen LogP contribution in [0.25, 0.3) is 28.0 Å². The van der Waals surface area contributed by atoms with Crippen molar-refractivity contribution in [1.29, 1.82) is 0 Å². The third kappa shape index (κ3) is 8.35. The molecule has 0 unspecified atom stereocenters. The van der Waals surface area contributed by atoms with Crippen LogP contribution in [0.2, 0.25) is 0 Å². The van der Waals surface area contributed by atoms with Crippen LogP contribution in [0.3, 0.4) is 0 Å². The summed E-state index contributed by atoms with van der Waals surface area (Å²) >= 11 is 0. The highest BCUT2D eigenvalue weighted by atomic mass is 19.4. The van der Waals surface area contributed by atoms with Gasteiger partial charge in [-0.3, -0.25) is 14.2 Å². The highest BCUT2D eigenvalue weighted by molar-refractivity contribution is 6.03. The van der Waals surface area contributed by atoms with Gasteiger partial charge in [-0.25, -0.2) is 18.6 Å². The number of rotatable bonds is 13. The Bertz CT molecular complexity index is 1950. The number of nitrogens with one attached hydrogen (secondary N) is 2. The highest BCUT2D eigenvalue weighted by Crippen LogP contribution is 2.40. The molecule has 0 spiro atoms. The lowest BCUT2D eigenvalue weighted by Crippen LogP contribution is -2.31. The minimum Gasteiger partial charge on any atom is -0.418 e. The van der Waals surface area contributed by atoms with Crippen LogP contribution in [0.1, 0.15) is 61.9 Å². The molecule has 1 aliphatic carbocycles. The monoisotopic (exact) mass is 714 g/mol. The SMILES string of the molecule is CCN(CC)CCCNc1nc(-c2c(C)ccc(C(=O)NCC3CCCC3)c2OC(=O)C(F)(F)F)c2ccc(=O)n(-c3c(F)cccc3F)c2n1. The van der Waals surface area contributed by atoms with E-state index in [1.54, 1.807) is 0 Å². The largest absolute Gasteiger partial charge is 0.491 e. The molecular formula is C36H39F5N6O4. The van der Waals surface area contributed by atoms with Crippen molar-refractivity contribution in [3.05, 3.63) is 75.6 Å². The summed E-state index contributed by atoms with van der Waals surface area (Å²) in [5, 5.41) is 5.78. The third-order valence-electron chi connectivity index (χ3n) is 9.04. The Hall–Kier alpha value is -4.92. The maximum atomic E-state index is 15.2. The van der Waals surface area contributed by atoms with Crippen LogP contribution in [0.5, 0.6) is 5.75 Å². The van der Waals surface area contributed by atoms with Crippen LogP contribution in [-0.2, 0) is 4.79 Å². The number of ether oxygens (including phenoxy) is 1. The molecule has 5 rings (SSSR count). The normalized spacial score (nSPS) is 13.6. The first-order valence-corrected chi connectivity index (χ1v) is 16.9. The summed E-state index contributed by atoms with van der Waals surface area (Å²) in [5.41, 5.74) is -2.32. The molecule has 10 nitrogen and oxygen atoms in total. The lowest BCUT2D eigenvalue weighted by Gasteiger charge is -2.20. The predicted molar refractivity (Wildman–Crippen MR) is 182 cm³/mol. The number of amides is 1. The maximum Gasteiger partial charge on any atom is 0.491 e. The number of carbonyl (C=O) groups excluding carboxylic acids is 2. The number of pyridine rings is 1. The Balaban J connectivity index is 1.74. The van der Waals surface area contributed by atoms with E-state index < -0.39 is 46.7 Å². The van der Waals surface area contributed by atoms with Crippen molar-refractivity contribution in [2.45, 2.75) is 59.1 Å². The zero-order valence-corrected chi connectivity index (χ0v) is 28.5. The first kappa shape index (κ1) is 37.3. The lowest BCUT2D eigenvalue weighted by molar-refractivity contribution is -0.189. The van der Waals surface area contributed by atoms with Gasteiger partial charge in [-0.05, 0) is 81.6 Å². The number of para-hydroxylation sites is 1. The van der Waals surface area contributed by atoms with Crippen molar-refractivity contribution in [3.8, 4) is 22.7 Å². The van der Waals surface area contributed by atoms with Gasteiger partial charge in [-0.1, -0.05) is 38.8 Å². The molecule has 0 bridgehead atoms. The van der Waals surface area contributed by atoms with Gasteiger partial charge in [0.2, 0.25) is 5.95 Å². The number of aromatic nitrogens is 3. The molecule has 2 aromatic heterocycles. The van der Waals surface area contributed by atoms with Gasteiger partial charge in [0.15, 0.2) is 11.4 Å². The van der Waals surface area contributed by atoms with Crippen molar-refractivity contribution in [3.63, 3.8) is 0 Å². The molecule has 1 aliphatic rings. The van der Waals surface area contributed by atoms with Gasteiger partial charge in [-0.2, -0.15) is 18.2 Å². The highest BCUT2D eigenvalue weighted by Gasteiger charge is 2.43. The molecule has 1 saturated carbocycles. The number of hydrogen-bond acceptors (Lipinski definition) is 8. The van der Waals surface area contributed by atoms with Crippen molar-refractivity contribution >= 4 is 28.9 Å². The average Bonchev–Trinajstić information content (AvgIpc) is 3.61. The Morgan fingerprint density at radius 3 is 2.33 bits per heavy atom. The number of hydrogen-bond donors (Lipinski definition) is 2. The molecule has 15 heteroatoms. The molecule has 2 heterocycles. The van der Waals surface area contributed by atoms with Gasteiger partial charge in [0.05, 0.1) is 11.3 Å². The summed E-state index contributed by atoms with van der Waals surface area (Å²) in [6, 6.07) is 8.03. The van der Waals surface area contributed by atoms with E-state index in [0.29, 0.717) is 24.1 Å². The van der Waals surface area contributed by atoms with Crippen LogP contribution in [0.15, 0.2) is 47.3 Å². The summed E-state index contributed by atoms with van der Waals surface area (Å²) in [5.74, 6) is -6.15. The Morgan fingerprint density at radius 1 is 1.00 bits per heavy atom. The van der Waals surface area contributed by atoms with Crippen LogP contribution < -0.4 is 20.9 Å². The fourth-order valence-corrected chi connectivity index (χ4v) is 6.30. The van der Waals surface area contributed by atoms with Gasteiger partial charge in [0.1, 0.15) is 17.3 Å². The summed E-state index contributed by atoms with van der Waals surface area (Å²) < 4.78 is 77.2. The smallest absolute Gasteiger partial charge is 0.418 e. The van der Waals surface area contributed by atoms with Gasteiger partial charge >= 0.3 is 12.1 Å². The molecule has 2 N–H and O–H groups in total. The van der Waals surface area contributed by atoms with Crippen LogP contribution in [0, 0.1) is 24.5 Å². The number of aryl methyl sites for hydroxylation is 1. The van der Waals surface area contributed by atoms with E-state index in [1.165, 1.54) is 25.1 Å². The fraction of sp³-hybridized carbons (Fsp3) is 0.417. The number of nitrogens with zero attached hydrogens (tertiary/aromatic N) is 4. The molecule has 0 saturated heterocycles. The van der Waals surface area contributed by atoms with E-state index in [-0.39, 0.29) is 51.8 Å². The second kappa shape index (κ2) is 16.0. The quantitative estimate of drug-likeness (QED) is 0.0692. The van der Waals surface area contributed by atoms with E-state index in [2.05, 4.69) is 25.5 Å². The number of anilines is 1. The molecule has 0 atom stereocenters. The summed E-state index contributed by atoms with van der Waals surface area (Å²) in [7, 11) is 0. The van der Waals surface area contributed by atoms with E-state index >= 15 is 8.78 Å². The van der Waals surface area contributed by atoms with Crippen molar-refractivity contribution in [2.24, 2.45) is 5.92 Å². The number of esters is 1. The van der Waals surface area contributed by atoms with Gasteiger partial charge in [0, 0.05) is 30.1 Å². The number of fused-ring (bicyclic) bond motifs is 1. The van der Waals surface area contributed by atoms with E-state index in [9.17, 15) is 27.6 Å². The molecule has 4 aromatic rings. The van der Waals surface area contributed by atoms with E-state index in [4.69, 9.17) is 4.74 Å². The Kier molecular flexibility index (Phi) is 11.7. The summed E-state index contributed by atoms with van der Waals surface area (Å²) in [4.78, 5) is 50.5. The standard InChI is InChI=1S/C36H39F5N6O4/c1-4-46(5-2)19-9-18-42-35-44-29(23-16-17-27(48)47(32(23)45-35)30-25(37)12-8-13-26(30)38)28-21(3)14-15-24(31(28)51-34(50)36(39,40)41)33(49)43-20-22-10-6-7-11-22/h8,12-17,22H,4-7,9-11,18-20H2,1-3H3,(H,43,49)(H,42,44,45). The first-order valence-electron chi connectivity index (χ1n) is 16.9. The number of benzene rings is 2. The minimum atomic E-state index is -5.42. The summed E-state index contributed by atoms with van der Waals surface area (Å²) in [6.07, 6.45) is -1.04. The van der Waals surface area contributed by atoms with E-state index in [0.717, 1.165) is 63.0 Å². The zero-order chi connectivity index (χ0) is 36.9. The molecule has 0 aliphatic heterocycles. The molecular weight excluding hydrogens is 675 g/mol. The second-order valence-electron chi connectivity index (χ2n) is 12.4. The average molecular weight is 715 g/mol. The van der Waals surface area contributed by atoms with Gasteiger partial charge < -0.3 is 20.3 Å². The van der Waals surface area contributed by atoms with Crippen molar-refractivity contribution < 1.29 is 36.3 Å². The first-order chi connectivity index (χ1) is 24.3. The molecule has 1 fully saturated rings. The second-order valence-corrected chi connectivity index (χ2v) is 12.4.